The summed E-state index contributed by atoms with van der Waals surface area (Å²) in [6, 6.07) is 0. The van der Waals surface area contributed by atoms with Crippen LogP contribution >= 0.6 is 0 Å². The first-order valence-electron chi connectivity index (χ1n) is 4.00. The van der Waals surface area contributed by atoms with Gasteiger partial charge in [-0.3, -0.25) is 4.84 Å². The number of hydroxylamine groups is 2. The zero-order chi connectivity index (χ0) is 7.94. The van der Waals surface area contributed by atoms with Crippen molar-refractivity contribution in [3.63, 3.8) is 0 Å². The summed E-state index contributed by atoms with van der Waals surface area (Å²) in [5.74, 6) is 1.68. The van der Waals surface area contributed by atoms with E-state index in [1.807, 2.05) is 5.06 Å². The maximum atomic E-state index is 9.77. The second-order valence-electron chi connectivity index (χ2n) is 2.61. The molecule has 62 valence electrons. The van der Waals surface area contributed by atoms with E-state index in [2.05, 4.69) is 0 Å². The Labute approximate surface area is 66.6 Å². The summed E-state index contributed by atoms with van der Waals surface area (Å²) in [7, 11) is 0. The van der Waals surface area contributed by atoms with E-state index < -0.39 is 0 Å². The van der Waals surface area contributed by atoms with Crippen LogP contribution in [-0.2, 0) is 9.63 Å². The van der Waals surface area contributed by atoms with Crippen molar-refractivity contribution in [3.05, 3.63) is 6.08 Å². The number of hydrogen-bond acceptors (Lipinski definition) is 3. The molecule has 11 heavy (non-hydrogen) atoms. The van der Waals surface area contributed by atoms with Crippen molar-refractivity contribution in [2.45, 2.75) is 19.3 Å². The standard InChI is InChI=1S/C8H13NO2/c10-7-4-8-11-9-5-2-1-3-6-9/h4H,1-3,5-6,8H2. The second kappa shape index (κ2) is 5.08. The molecule has 0 aliphatic carbocycles. The van der Waals surface area contributed by atoms with Crippen molar-refractivity contribution in [1.29, 1.82) is 0 Å². The molecular weight excluding hydrogens is 142 g/mol. The Morgan fingerprint density at radius 3 is 2.73 bits per heavy atom. The molecule has 0 atom stereocenters. The molecular formula is C8H13NO2. The van der Waals surface area contributed by atoms with Crippen molar-refractivity contribution >= 4 is 5.94 Å². The van der Waals surface area contributed by atoms with Gasteiger partial charge in [-0.25, -0.2) is 4.79 Å². The lowest BCUT2D eigenvalue weighted by Crippen LogP contribution is -2.29. The molecule has 3 nitrogen and oxygen atoms in total. The Morgan fingerprint density at radius 1 is 1.36 bits per heavy atom. The lowest BCUT2D eigenvalue weighted by Gasteiger charge is -2.24. The van der Waals surface area contributed by atoms with Crippen LogP contribution in [0.3, 0.4) is 0 Å². The van der Waals surface area contributed by atoms with E-state index >= 15 is 0 Å². The van der Waals surface area contributed by atoms with Gasteiger partial charge in [0, 0.05) is 19.2 Å². The lowest BCUT2D eigenvalue weighted by atomic mass is 10.2. The van der Waals surface area contributed by atoms with Gasteiger partial charge >= 0.3 is 0 Å². The molecule has 0 N–H and O–H groups in total. The Kier molecular flexibility index (Phi) is 3.91. The van der Waals surface area contributed by atoms with E-state index in [0.717, 1.165) is 13.1 Å². The van der Waals surface area contributed by atoms with E-state index in [0.29, 0.717) is 6.61 Å². The number of carbonyl (C=O) groups excluding carboxylic acids is 1. The van der Waals surface area contributed by atoms with Crippen LogP contribution < -0.4 is 0 Å². The highest BCUT2D eigenvalue weighted by molar-refractivity contribution is 5.44. The topological polar surface area (TPSA) is 29.5 Å². The van der Waals surface area contributed by atoms with Gasteiger partial charge in [0.05, 0.1) is 6.61 Å². The normalized spacial score (nSPS) is 19.3. The highest BCUT2D eigenvalue weighted by Crippen LogP contribution is 2.08. The summed E-state index contributed by atoms with van der Waals surface area (Å²) in [6.07, 6.45) is 5.05. The van der Waals surface area contributed by atoms with Gasteiger partial charge in [0.25, 0.3) is 0 Å². The summed E-state index contributed by atoms with van der Waals surface area (Å²) in [5.41, 5.74) is 0. The number of nitrogens with zero attached hydrogens (tertiary/aromatic N) is 1. The Hall–Kier alpha value is -0.630. The van der Waals surface area contributed by atoms with E-state index in [4.69, 9.17) is 4.84 Å². The third-order valence-corrected chi connectivity index (χ3v) is 1.74. The average Bonchev–Trinajstić information content (AvgIpc) is 2.07. The molecule has 1 saturated heterocycles. The van der Waals surface area contributed by atoms with Crippen LogP contribution in [0.2, 0.25) is 0 Å². The van der Waals surface area contributed by atoms with Gasteiger partial charge in [-0.15, -0.1) is 0 Å². The molecule has 1 aliphatic rings. The summed E-state index contributed by atoms with van der Waals surface area (Å²) < 4.78 is 0. The molecule has 0 saturated carbocycles. The van der Waals surface area contributed by atoms with Crippen LogP contribution in [0.5, 0.6) is 0 Å². The molecule has 0 aromatic carbocycles. The van der Waals surface area contributed by atoms with Crippen LogP contribution in [0, 0.1) is 0 Å². The maximum Gasteiger partial charge on any atom is 0.122 e. The van der Waals surface area contributed by atoms with Gasteiger partial charge in [-0.2, -0.15) is 5.06 Å². The third-order valence-electron chi connectivity index (χ3n) is 1.74. The molecule has 0 bridgehead atoms. The highest BCUT2D eigenvalue weighted by atomic mass is 16.7. The Balaban J connectivity index is 2.09. The van der Waals surface area contributed by atoms with Gasteiger partial charge in [0.1, 0.15) is 5.94 Å². The van der Waals surface area contributed by atoms with Crippen molar-refractivity contribution in [3.8, 4) is 0 Å². The van der Waals surface area contributed by atoms with Crippen LogP contribution in [0.15, 0.2) is 6.08 Å². The Bertz CT molecular complexity index is 146. The molecule has 3 heteroatoms. The smallest absolute Gasteiger partial charge is 0.122 e. The van der Waals surface area contributed by atoms with Gasteiger partial charge in [0.2, 0.25) is 0 Å². The largest absolute Gasteiger partial charge is 0.294 e. The summed E-state index contributed by atoms with van der Waals surface area (Å²) in [4.78, 5) is 15.0. The SMILES string of the molecule is O=C=CCON1CCCCC1. The van der Waals surface area contributed by atoms with E-state index in [9.17, 15) is 4.79 Å². The molecule has 0 aromatic rings. The highest BCUT2D eigenvalue weighted by Gasteiger charge is 2.08. The first-order chi connectivity index (χ1) is 5.43. The predicted octanol–water partition coefficient (Wildman–Crippen LogP) is 0.792. The average molecular weight is 155 g/mol. The molecule has 0 aromatic heterocycles. The minimum absolute atomic E-state index is 0.365. The number of rotatable bonds is 3. The van der Waals surface area contributed by atoms with E-state index in [-0.39, 0.29) is 0 Å². The zero-order valence-corrected chi connectivity index (χ0v) is 6.58. The van der Waals surface area contributed by atoms with E-state index in [1.165, 1.54) is 25.3 Å². The molecule has 1 rings (SSSR count). The first kappa shape index (κ1) is 8.47. The predicted molar refractivity (Wildman–Crippen MR) is 41.6 cm³/mol. The van der Waals surface area contributed by atoms with Gasteiger partial charge in [0.15, 0.2) is 0 Å². The summed E-state index contributed by atoms with van der Waals surface area (Å²) in [6.45, 7) is 2.35. The summed E-state index contributed by atoms with van der Waals surface area (Å²) >= 11 is 0. The summed E-state index contributed by atoms with van der Waals surface area (Å²) in [5, 5.41) is 1.91. The monoisotopic (exact) mass is 155 g/mol. The van der Waals surface area contributed by atoms with Crippen LogP contribution in [-0.4, -0.2) is 30.7 Å². The minimum atomic E-state index is 0.365. The fraction of sp³-hybridized carbons (Fsp3) is 0.750. The molecule has 0 amide bonds. The lowest BCUT2D eigenvalue weighted by molar-refractivity contribution is -0.157. The molecule has 0 unspecified atom stereocenters. The molecule has 1 heterocycles. The van der Waals surface area contributed by atoms with E-state index in [1.54, 1.807) is 5.94 Å². The van der Waals surface area contributed by atoms with Gasteiger partial charge in [-0.05, 0) is 12.8 Å². The molecule has 0 spiro atoms. The van der Waals surface area contributed by atoms with Gasteiger partial charge < -0.3 is 0 Å². The van der Waals surface area contributed by atoms with Crippen molar-refractivity contribution in [1.82, 2.24) is 5.06 Å². The Morgan fingerprint density at radius 2 is 2.09 bits per heavy atom. The quantitative estimate of drug-likeness (QED) is 0.564. The molecule has 1 aliphatic heterocycles. The fourth-order valence-electron chi connectivity index (χ4n) is 1.17. The van der Waals surface area contributed by atoms with Crippen molar-refractivity contribution in [2.75, 3.05) is 19.7 Å². The minimum Gasteiger partial charge on any atom is -0.294 e. The van der Waals surface area contributed by atoms with Crippen molar-refractivity contribution < 1.29 is 9.63 Å². The fourth-order valence-corrected chi connectivity index (χ4v) is 1.17. The van der Waals surface area contributed by atoms with Crippen LogP contribution in [0.25, 0.3) is 0 Å². The number of piperidine rings is 1. The molecule has 0 radical (unpaired) electrons. The second-order valence-corrected chi connectivity index (χ2v) is 2.61. The van der Waals surface area contributed by atoms with Gasteiger partial charge in [-0.1, -0.05) is 6.42 Å². The number of hydrogen-bond donors (Lipinski definition) is 0. The van der Waals surface area contributed by atoms with Crippen LogP contribution in [0.1, 0.15) is 19.3 Å². The zero-order valence-electron chi connectivity index (χ0n) is 6.58. The van der Waals surface area contributed by atoms with Crippen molar-refractivity contribution in [2.24, 2.45) is 0 Å². The molecule has 1 fully saturated rings. The third kappa shape index (κ3) is 3.33. The first-order valence-corrected chi connectivity index (χ1v) is 4.00. The maximum absolute atomic E-state index is 9.77. The van der Waals surface area contributed by atoms with Crippen LogP contribution in [0.4, 0.5) is 0 Å².